The highest BCUT2D eigenvalue weighted by Gasteiger charge is 2.24. The highest BCUT2D eigenvalue weighted by molar-refractivity contribution is 7.18. The first-order valence-electron chi connectivity index (χ1n) is 6.58. The molecule has 2 heterocycles. The Morgan fingerprint density at radius 2 is 2.39 bits per heavy atom. The molecule has 1 atom stereocenters. The van der Waals surface area contributed by atoms with Crippen LogP contribution < -0.4 is 16.0 Å². The molecule has 2 rings (SSSR count). The van der Waals surface area contributed by atoms with E-state index in [2.05, 4.69) is 17.1 Å². The van der Waals surface area contributed by atoms with Crippen LogP contribution in [0.4, 0.5) is 10.7 Å². The Kier molecular flexibility index (Phi) is 4.11. The van der Waals surface area contributed by atoms with E-state index in [1.807, 2.05) is 13.0 Å². The quantitative estimate of drug-likeness (QED) is 0.880. The monoisotopic (exact) mass is 267 g/mol. The first kappa shape index (κ1) is 13.2. The SMILES string of the molecule is CCNC(=O)c1sc(N2CCC(CC)C2)cc1N. The van der Waals surface area contributed by atoms with Gasteiger partial charge in [0.2, 0.25) is 0 Å². The zero-order valence-electron chi connectivity index (χ0n) is 11.0. The van der Waals surface area contributed by atoms with Gasteiger partial charge in [0, 0.05) is 19.6 Å². The molecule has 1 saturated heterocycles. The summed E-state index contributed by atoms with van der Waals surface area (Å²) >= 11 is 1.51. The van der Waals surface area contributed by atoms with E-state index in [0.717, 1.165) is 24.0 Å². The van der Waals surface area contributed by atoms with Crippen LogP contribution in [0.15, 0.2) is 6.07 Å². The molecule has 5 heteroatoms. The van der Waals surface area contributed by atoms with Crippen molar-refractivity contribution in [1.29, 1.82) is 0 Å². The van der Waals surface area contributed by atoms with Crippen LogP contribution in [-0.2, 0) is 0 Å². The molecule has 0 radical (unpaired) electrons. The number of anilines is 2. The Morgan fingerprint density at radius 3 is 3.00 bits per heavy atom. The summed E-state index contributed by atoms with van der Waals surface area (Å²) in [7, 11) is 0. The summed E-state index contributed by atoms with van der Waals surface area (Å²) in [6.45, 7) is 6.94. The molecule has 0 bridgehead atoms. The molecule has 1 aliphatic rings. The highest BCUT2D eigenvalue weighted by Crippen LogP contribution is 2.35. The number of hydrogen-bond acceptors (Lipinski definition) is 4. The maximum absolute atomic E-state index is 11.8. The van der Waals surface area contributed by atoms with E-state index in [4.69, 9.17) is 5.73 Å². The number of nitrogens with two attached hydrogens (primary N) is 1. The topological polar surface area (TPSA) is 58.4 Å². The molecule has 0 spiro atoms. The molecular formula is C13H21N3OS. The highest BCUT2D eigenvalue weighted by atomic mass is 32.1. The van der Waals surface area contributed by atoms with Gasteiger partial charge in [0.15, 0.2) is 0 Å². The Morgan fingerprint density at radius 1 is 1.61 bits per heavy atom. The Labute approximate surface area is 112 Å². The van der Waals surface area contributed by atoms with E-state index in [0.29, 0.717) is 17.1 Å². The van der Waals surface area contributed by atoms with Gasteiger partial charge in [-0.15, -0.1) is 11.3 Å². The summed E-state index contributed by atoms with van der Waals surface area (Å²) in [6, 6.07) is 1.94. The van der Waals surface area contributed by atoms with Gasteiger partial charge in [-0.05, 0) is 25.3 Å². The van der Waals surface area contributed by atoms with E-state index in [1.165, 1.54) is 24.2 Å². The summed E-state index contributed by atoms with van der Waals surface area (Å²) in [5, 5.41) is 3.93. The maximum Gasteiger partial charge on any atom is 0.263 e. The van der Waals surface area contributed by atoms with Crippen molar-refractivity contribution in [3.05, 3.63) is 10.9 Å². The number of amides is 1. The molecule has 1 unspecified atom stereocenters. The van der Waals surface area contributed by atoms with E-state index in [1.54, 1.807) is 0 Å². The molecule has 18 heavy (non-hydrogen) atoms. The summed E-state index contributed by atoms with van der Waals surface area (Å²) in [5.41, 5.74) is 6.53. The fourth-order valence-corrected chi connectivity index (χ4v) is 3.36. The number of carbonyl (C=O) groups excluding carboxylic acids is 1. The minimum Gasteiger partial charge on any atom is -0.397 e. The second-order valence-corrected chi connectivity index (χ2v) is 5.77. The van der Waals surface area contributed by atoms with Crippen molar-refractivity contribution in [2.24, 2.45) is 5.92 Å². The summed E-state index contributed by atoms with van der Waals surface area (Å²) in [4.78, 5) is 14.8. The Bertz CT molecular complexity index is 430. The van der Waals surface area contributed by atoms with Crippen LogP contribution in [0.5, 0.6) is 0 Å². The van der Waals surface area contributed by atoms with E-state index in [-0.39, 0.29) is 5.91 Å². The predicted molar refractivity (Wildman–Crippen MR) is 77.3 cm³/mol. The smallest absolute Gasteiger partial charge is 0.263 e. The van der Waals surface area contributed by atoms with Crippen LogP contribution in [0.2, 0.25) is 0 Å². The van der Waals surface area contributed by atoms with Gasteiger partial charge in [0.05, 0.1) is 10.7 Å². The van der Waals surface area contributed by atoms with Gasteiger partial charge >= 0.3 is 0 Å². The van der Waals surface area contributed by atoms with E-state index in [9.17, 15) is 4.79 Å². The standard InChI is InChI=1S/C13H21N3OS/c1-3-9-5-6-16(8-9)11-7-10(14)12(18-11)13(17)15-4-2/h7,9H,3-6,8,14H2,1-2H3,(H,15,17). The van der Waals surface area contributed by atoms with Gasteiger partial charge in [0.1, 0.15) is 4.88 Å². The molecule has 1 aromatic heterocycles. The van der Waals surface area contributed by atoms with Crippen molar-refractivity contribution in [3.8, 4) is 0 Å². The molecule has 100 valence electrons. The van der Waals surface area contributed by atoms with Gasteiger partial charge in [-0.2, -0.15) is 0 Å². The Hall–Kier alpha value is -1.23. The van der Waals surface area contributed by atoms with Crippen molar-refractivity contribution in [3.63, 3.8) is 0 Å². The summed E-state index contributed by atoms with van der Waals surface area (Å²) in [5.74, 6) is 0.721. The van der Waals surface area contributed by atoms with E-state index < -0.39 is 0 Å². The van der Waals surface area contributed by atoms with Crippen LogP contribution in [-0.4, -0.2) is 25.5 Å². The first-order valence-corrected chi connectivity index (χ1v) is 7.39. The zero-order chi connectivity index (χ0) is 13.1. The first-order chi connectivity index (χ1) is 8.65. The van der Waals surface area contributed by atoms with Crippen LogP contribution in [0, 0.1) is 5.92 Å². The molecule has 0 saturated carbocycles. The molecule has 1 fully saturated rings. The van der Waals surface area contributed by atoms with E-state index >= 15 is 0 Å². The van der Waals surface area contributed by atoms with Crippen molar-refractivity contribution in [2.75, 3.05) is 30.3 Å². The summed E-state index contributed by atoms with van der Waals surface area (Å²) in [6.07, 6.45) is 2.46. The third kappa shape index (κ3) is 2.61. The van der Waals surface area contributed by atoms with Gasteiger partial charge < -0.3 is 16.0 Å². The van der Waals surface area contributed by atoms with Gasteiger partial charge in [0.25, 0.3) is 5.91 Å². The number of carbonyl (C=O) groups is 1. The summed E-state index contributed by atoms with van der Waals surface area (Å²) < 4.78 is 0. The Balaban J connectivity index is 2.11. The maximum atomic E-state index is 11.8. The third-order valence-corrected chi connectivity index (χ3v) is 4.68. The number of hydrogen-bond donors (Lipinski definition) is 2. The number of nitrogens with zero attached hydrogens (tertiary/aromatic N) is 1. The zero-order valence-corrected chi connectivity index (χ0v) is 11.8. The average Bonchev–Trinajstić information content (AvgIpc) is 2.95. The second-order valence-electron chi connectivity index (χ2n) is 4.74. The lowest BCUT2D eigenvalue weighted by atomic mass is 10.1. The fourth-order valence-electron chi connectivity index (χ4n) is 2.33. The van der Waals surface area contributed by atoms with Gasteiger partial charge in [-0.1, -0.05) is 13.3 Å². The molecule has 1 aromatic rings. The molecule has 1 aliphatic heterocycles. The predicted octanol–water partition coefficient (Wildman–Crippen LogP) is 2.32. The number of thiophene rings is 1. The van der Waals surface area contributed by atoms with Crippen molar-refractivity contribution in [2.45, 2.75) is 26.7 Å². The number of nitrogen functional groups attached to an aromatic ring is 1. The normalized spacial score (nSPS) is 19.2. The van der Waals surface area contributed by atoms with Crippen molar-refractivity contribution >= 4 is 27.9 Å². The second kappa shape index (κ2) is 5.61. The van der Waals surface area contributed by atoms with Crippen LogP contribution in [0.3, 0.4) is 0 Å². The largest absolute Gasteiger partial charge is 0.397 e. The minimum atomic E-state index is -0.0579. The fraction of sp³-hybridized carbons (Fsp3) is 0.615. The van der Waals surface area contributed by atoms with Crippen LogP contribution >= 0.6 is 11.3 Å². The lowest BCUT2D eigenvalue weighted by molar-refractivity contribution is 0.0960. The lowest BCUT2D eigenvalue weighted by Gasteiger charge is -2.15. The average molecular weight is 267 g/mol. The molecule has 0 aromatic carbocycles. The minimum absolute atomic E-state index is 0.0579. The van der Waals surface area contributed by atoms with Crippen molar-refractivity contribution in [1.82, 2.24) is 5.32 Å². The van der Waals surface area contributed by atoms with Crippen molar-refractivity contribution < 1.29 is 4.79 Å². The lowest BCUT2D eigenvalue weighted by Crippen LogP contribution is -2.22. The van der Waals surface area contributed by atoms with Crippen LogP contribution in [0.25, 0.3) is 0 Å². The molecule has 3 N–H and O–H groups in total. The van der Waals surface area contributed by atoms with Crippen LogP contribution in [0.1, 0.15) is 36.4 Å². The molecule has 0 aliphatic carbocycles. The number of nitrogens with one attached hydrogen (secondary N) is 1. The van der Waals surface area contributed by atoms with Gasteiger partial charge in [-0.3, -0.25) is 4.79 Å². The molecule has 4 nitrogen and oxygen atoms in total. The number of rotatable bonds is 4. The van der Waals surface area contributed by atoms with Gasteiger partial charge in [-0.25, -0.2) is 0 Å². The third-order valence-electron chi connectivity index (χ3n) is 3.47. The molecule has 1 amide bonds. The molecular weight excluding hydrogens is 246 g/mol.